The number of nitrogens with zero attached hydrogens (tertiary/aromatic N) is 1. The minimum atomic E-state index is 0.0306. The zero-order valence-corrected chi connectivity index (χ0v) is 13.7. The first-order chi connectivity index (χ1) is 10.8. The van der Waals surface area contributed by atoms with Gasteiger partial charge in [-0.05, 0) is 32.3 Å². The van der Waals surface area contributed by atoms with Gasteiger partial charge in [0, 0.05) is 17.0 Å². The second-order valence-corrected chi connectivity index (χ2v) is 6.67. The highest BCUT2D eigenvalue weighted by atomic mass is 32.1. The van der Waals surface area contributed by atoms with Gasteiger partial charge in [-0.1, -0.05) is 18.2 Å². The Labute approximate surface area is 135 Å². The van der Waals surface area contributed by atoms with Crippen LogP contribution in [0, 0.1) is 0 Å². The Morgan fingerprint density at radius 1 is 1.36 bits per heavy atom. The fraction of sp³-hybridized carbons (Fsp3) is 0.471. The Morgan fingerprint density at radius 3 is 3.05 bits per heavy atom. The number of para-hydroxylation sites is 1. The molecule has 1 aromatic heterocycles. The van der Waals surface area contributed by atoms with Gasteiger partial charge in [0.15, 0.2) is 0 Å². The van der Waals surface area contributed by atoms with Crippen molar-refractivity contribution in [3.63, 3.8) is 0 Å². The second-order valence-electron chi connectivity index (χ2n) is 5.56. The topological polar surface area (TPSA) is 54.4 Å². The summed E-state index contributed by atoms with van der Waals surface area (Å²) in [5.74, 6) is 0.831. The van der Waals surface area contributed by atoms with Crippen molar-refractivity contribution in [2.75, 3.05) is 13.2 Å². The molecule has 0 spiro atoms. The molecule has 2 aromatic rings. The number of nitrogens with one attached hydrogen (secondary N) is 1. The number of hydrogen-bond acceptors (Lipinski definition) is 5. The van der Waals surface area contributed by atoms with Crippen molar-refractivity contribution in [2.45, 2.75) is 38.8 Å². The molecule has 1 heterocycles. The number of fused-ring (bicyclic) bond motifs is 1. The molecule has 22 heavy (non-hydrogen) atoms. The monoisotopic (exact) mass is 318 g/mol. The second kappa shape index (κ2) is 7.22. The molecule has 1 aliphatic rings. The molecule has 0 fully saturated rings. The summed E-state index contributed by atoms with van der Waals surface area (Å²) in [6.45, 7) is 3.24. The van der Waals surface area contributed by atoms with Crippen LogP contribution in [0.4, 0.5) is 0 Å². The van der Waals surface area contributed by atoms with E-state index in [9.17, 15) is 0 Å². The van der Waals surface area contributed by atoms with Gasteiger partial charge in [-0.3, -0.25) is 0 Å². The highest BCUT2D eigenvalue weighted by Crippen LogP contribution is 2.30. The molecule has 0 amide bonds. The number of aliphatic hydroxyl groups is 1. The van der Waals surface area contributed by atoms with E-state index in [1.165, 1.54) is 28.4 Å². The number of aryl methyl sites for hydroxylation is 2. The third kappa shape index (κ3) is 3.48. The molecule has 118 valence electrons. The molecule has 1 unspecified atom stereocenters. The molecule has 4 nitrogen and oxygen atoms in total. The average Bonchev–Trinajstić information content (AvgIpc) is 3.13. The van der Waals surface area contributed by atoms with E-state index in [0.717, 1.165) is 24.3 Å². The summed E-state index contributed by atoms with van der Waals surface area (Å²) >= 11 is 1.85. The largest absolute Gasteiger partial charge is 0.491 e. The van der Waals surface area contributed by atoms with Crippen molar-refractivity contribution < 1.29 is 9.84 Å². The number of aliphatic hydroxyl groups excluding tert-OH is 1. The molecule has 0 aliphatic heterocycles. The van der Waals surface area contributed by atoms with Crippen LogP contribution >= 0.6 is 11.3 Å². The van der Waals surface area contributed by atoms with Gasteiger partial charge in [-0.15, -0.1) is 11.3 Å². The minimum Gasteiger partial charge on any atom is -0.491 e. The quantitative estimate of drug-likeness (QED) is 0.824. The predicted molar refractivity (Wildman–Crippen MR) is 88.4 cm³/mol. The maximum Gasteiger partial charge on any atom is 0.123 e. The molecule has 3 rings (SSSR count). The van der Waals surface area contributed by atoms with Crippen LogP contribution in [0.15, 0.2) is 24.3 Å². The van der Waals surface area contributed by atoms with Gasteiger partial charge in [0.1, 0.15) is 17.4 Å². The van der Waals surface area contributed by atoms with E-state index >= 15 is 0 Å². The summed E-state index contributed by atoms with van der Waals surface area (Å²) in [6, 6.07) is 8.18. The fourth-order valence-electron chi connectivity index (χ4n) is 2.69. The lowest BCUT2D eigenvalue weighted by Crippen LogP contribution is -2.18. The standard InChI is InChI=1S/C17H22N2O2S/c1-12(17-19-14-6-4-8-16(14)22-17)18-11-13-5-2-3-7-15(13)21-10-9-20/h2-3,5,7,12,18,20H,4,6,8-11H2,1H3. The van der Waals surface area contributed by atoms with Crippen LogP contribution in [0.1, 0.15) is 40.5 Å². The Kier molecular flexibility index (Phi) is 5.08. The average molecular weight is 318 g/mol. The maximum atomic E-state index is 8.89. The van der Waals surface area contributed by atoms with Crippen LogP contribution in [0.25, 0.3) is 0 Å². The Morgan fingerprint density at radius 2 is 2.23 bits per heavy atom. The number of rotatable bonds is 7. The third-order valence-corrected chi connectivity index (χ3v) is 5.24. The Hall–Kier alpha value is -1.43. The van der Waals surface area contributed by atoms with Crippen LogP contribution in [0.5, 0.6) is 5.75 Å². The molecule has 0 radical (unpaired) electrons. The lowest BCUT2D eigenvalue weighted by atomic mass is 10.2. The van der Waals surface area contributed by atoms with Crippen molar-refractivity contribution >= 4 is 11.3 Å². The molecule has 0 saturated carbocycles. The normalized spacial score (nSPS) is 14.8. The Balaban J connectivity index is 1.61. The molecule has 0 bridgehead atoms. The maximum absolute atomic E-state index is 8.89. The van der Waals surface area contributed by atoms with Crippen LogP contribution in [0.3, 0.4) is 0 Å². The molecule has 1 atom stereocenters. The summed E-state index contributed by atoms with van der Waals surface area (Å²) in [5.41, 5.74) is 2.41. The molecular formula is C17H22N2O2S. The van der Waals surface area contributed by atoms with Crippen LogP contribution in [-0.2, 0) is 19.4 Å². The van der Waals surface area contributed by atoms with Gasteiger partial charge in [-0.2, -0.15) is 0 Å². The van der Waals surface area contributed by atoms with E-state index in [4.69, 9.17) is 14.8 Å². The lowest BCUT2D eigenvalue weighted by Gasteiger charge is -2.14. The van der Waals surface area contributed by atoms with Crippen molar-refractivity contribution in [3.8, 4) is 5.75 Å². The van der Waals surface area contributed by atoms with Gasteiger partial charge in [0.05, 0.1) is 18.3 Å². The van der Waals surface area contributed by atoms with E-state index in [1.807, 2.05) is 35.6 Å². The zero-order valence-electron chi connectivity index (χ0n) is 12.8. The van der Waals surface area contributed by atoms with Crippen molar-refractivity contribution in [1.29, 1.82) is 0 Å². The van der Waals surface area contributed by atoms with Gasteiger partial charge in [-0.25, -0.2) is 4.98 Å². The fourth-order valence-corrected chi connectivity index (χ4v) is 3.87. The van der Waals surface area contributed by atoms with Crippen LogP contribution in [0.2, 0.25) is 0 Å². The molecule has 1 aliphatic carbocycles. The number of aromatic nitrogens is 1. The number of ether oxygens (including phenoxy) is 1. The number of thiazole rings is 1. The van der Waals surface area contributed by atoms with E-state index in [-0.39, 0.29) is 12.6 Å². The summed E-state index contributed by atoms with van der Waals surface area (Å²) in [4.78, 5) is 6.23. The molecule has 2 N–H and O–H groups in total. The first-order valence-corrected chi connectivity index (χ1v) is 8.63. The van der Waals surface area contributed by atoms with Crippen molar-refractivity contribution in [2.24, 2.45) is 0 Å². The first kappa shape index (κ1) is 15.5. The number of hydrogen-bond donors (Lipinski definition) is 2. The van der Waals surface area contributed by atoms with Crippen LogP contribution < -0.4 is 10.1 Å². The summed E-state index contributed by atoms with van der Waals surface area (Å²) in [7, 11) is 0. The van der Waals surface area contributed by atoms with Gasteiger partial charge in [0.25, 0.3) is 0 Å². The van der Waals surface area contributed by atoms with E-state index in [2.05, 4.69) is 12.2 Å². The van der Waals surface area contributed by atoms with Crippen molar-refractivity contribution in [1.82, 2.24) is 10.3 Å². The zero-order chi connectivity index (χ0) is 15.4. The van der Waals surface area contributed by atoms with Crippen molar-refractivity contribution in [3.05, 3.63) is 45.4 Å². The van der Waals surface area contributed by atoms with E-state index < -0.39 is 0 Å². The molecular weight excluding hydrogens is 296 g/mol. The SMILES string of the molecule is CC(NCc1ccccc1OCCO)c1nc2c(s1)CCC2. The Bertz CT molecular complexity index is 605. The smallest absolute Gasteiger partial charge is 0.123 e. The first-order valence-electron chi connectivity index (χ1n) is 7.81. The van der Waals surface area contributed by atoms with E-state index in [1.54, 1.807) is 0 Å². The van der Waals surface area contributed by atoms with E-state index in [0.29, 0.717) is 6.61 Å². The third-order valence-electron chi connectivity index (χ3n) is 3.90. The predicted octanol–water partition coefficient (Wildman–Crippen LogP) is 2.85. The molecule has 1 aromatic carbocycles. The summed E-state index contributed by atoms with van der Waals surface area (Å²) in [6.07, 6.45) is 3.58. The van der Waals surface area contributed by atoms with Crippen LogP contribution in [-0.4, -0.2) is 23.3 Å². The number of benzene rings is 1. The summed E-state index contributed by atoms with van der Waals surface area (Å²) < 4.78 is 5.57. The van der Waals surface area contributed by atoms with Gasteiger partial charge in [0.2, 0.25) is 0 Å². The highest BCUT2D eigenvalue weighted by Gasteiger charge is 2.19. The molecule has 0 saturated heterocycles. The summed E-state index contributed by atoms with van der Waals surface area (Å²) in [5, 5.41) is 13.6. The van der Waals surface area contributed by atoms with Gasteiger partial charge < -0.3 is 15.2 Å². The lowest BCUT2D eigenvalue weighted by molar-refractivity contribution is 0.200. The highest BCUT2D eigenvalue weighted by molar-refractivity contribution is 7.11. The minimum absolute atomic E-state index is 0.0306. The molecule has 5 heteroatoms. The van der Waals surface area contributed by atoms with Gasteiger partial charge >= 0.3 is 0 Å².